The monoisotopic (exact) mass is 814 g/mol. The number of urea groups is 1. The fourth-order valence-corrected chi connectivity index (χ4v) is 9.57. The fraction of sp³-hybridized carbons (Fsp3) is 0.683. The van der Waals surface area contributed by atoms with E-state index in [9.17, 15) is 37.5 Å². The summed E-state index contributed by atoms with van der Waals surface area (Å²) < 4.78 is 32.6. The minimum atomic E-state index is -4.42. The summed E-state index contributed by atoms with van der Waals surface area (Å²) in [5.41, 5.74) is 3.47. The number of hydrogen-bond donors (Lipinski definition) is 4. The summed E-state index contributed by atoms with van der Waals surface area (Å²) in [6, 6.07) is 2.74. The first-order valence-corrected chi connectivity index (χ1v) is 22.0. The molecule has 1 aromatic rings. The number of benzene rings is 1. The van der Waals surface area contributed by atoms with Gasteiger partial charge in [-0.3, -0.25) is 19.3 Å². The lowest BCUT2D eigenvalue weighted by Crippen LogP contribution is -2.58. The van der Waals surface area contributed by atoms with E-state index < -0.39 is 51.9 Å². The molecule has 5 rings (SSSR count). The minimum Gasteiger partial charge on any atom is -0.465 e. The van der Waals surface area contributed by atoms with Gasteiger partial charge in [-0.1, -0.05) is 56.0 Å². The second kappa shape index (κ2) is 19.0. The molecule has 15 nitrogen and oxygen atoms in total. The first-order valence-electron chi connectivity index (χ1n) is 20.6. The van der Waals surface area contributed by atoms with E-state index >= 15 is 0 Å². The Kier molecular flexibility index (Phi) is 14.7. The summed E-state index contributed by atoms with van der Waals surface area (Å²) in [5.74, 6) is -2.04. The second-order valence-corrected chi connectivity index (χ2v) is 18.3. The van der Waals surface area contributed by atoms with Crippen molar-refractivity contribution in [3.63, 3.8) is 0 Å². The van der Waals surface area contributed by atoms with Gasteiger partial charge in [0.1, 0.15) is 18.1 Å². The third-order valence-electron chi connectivity index (χ3n) is 11.7. The topological polar surface area (TPSA) is 195 Å². The van der Waals surface area contributed by atoms with Gasteiger partial charge in [0.2, 0.25) is 11.8 Å². The second-order valence-electron chi connectivity index (χ2n) is 17.1. The number of carboxylic acid groups (broad SMARTS) is 1. The van der Waals surface area contributed by atoms with Crippen LogP contribution in [0, 0.1) is 11.8 Å². The summed E-state index contributed by atoms with van der Waals surface area (Å²) in [5, 5.41) is 15.2. The summed E-state index contributed by atoms with van der Waals surface area (Å²) in [6.07, 6.45) is 9.94. The van der Waals surface area contributed by atoms with E-state index in [4.69, 9.17) is 4.18 Å². The fourth-order valence-electron chi connectivity index (χ4n) is 8.45. The number of hydrogen-bond acceptors (Lipinski definition) is 8. The first-order chi connectivity index (χ1) is 26.9. The van der Waals surface area contributed by atoms with Crippen molar-refractivity contribution in [1.29, 1.82) is 0 Å². The van der Waals surface area contributed by atoms with Crippen LogP contribution in [0.4, 0.5) is 9.59 Å². The summed E-state index contributed by atoms with van der Waals surface area (Å²) >= 11 is 0. The highest BCUT2D eigenvalue weighted by Crippen LogP contribution is 2.40. The Morgan fingerprint density at radius 1 is 1.02 bits per heavy atom. The molecule has 2 aliphatic heterocycles. The molecule has 1 saturated heterocycles. The molecule has 16 heteroatoms. The highest BCUT2D eigenvalue weighted by molar-refractivity contribution is 7.85. The third-order valence-corrected chi connectivity index (χ3v) is 12.8. The SMILES string of the molecule is CC(C)=CC(C)CC(NC(=O)C1CCCN1C(=O)C(NC(=O)N(C)CCCCCc1cccc2c1CN(C(=O)O)C2)C1CCCC1)C(=O)NS(=O)(=O)OC1(C)CC1. The van der Waals surface area contributed by atoms with Crippen molar-refractivity contribution in [2.24, 2.45) is 11.8 Å². The maximum Gasteiger partial charge on any atom is 0.407 e. The molecule has 0 radical (unpaired) electrons. The van der Waals surface area contributed by atoms with Crippen molar-refractivity contribution < 1.29 is 41.7 Å². The molecule has 0 bridgehead atoms. The lowest BCUT2D eigenvalue weighted by Gasteiger charge is -2.33. The van der Waals surface area contributed by atoms with Crippen LogP contribution in [0.2, 0.25) is 0 Å². The number of aryl methyl sites for hydroxylation is 1. The minimum absolute atomic E-state index is 0.0780. The average Bonchev–Trinajstić information content (AvgIpc) is 3.62. The Hall–Kier alpha value is -4.18. The van der Waals surface area contributed by atoms with E-state index in [1.807, 2.05) is 43.7 Å². The molecular formula is C41H62N6O9S. The predicted molar refractivity (Wildman–Crippen MR) is 214 cm³/mol. The molecule has 2 saturated carbocycles. The maximum atomic E-state index is 14.3. The zero-order valence-corrected chi connectivity index (χ0v) is 35.0. The number of unbranched alkanes of at least 4 members (excludes halogenated alkanes) is 2. The number of rotatable bonds is 18. The number of carbonyl (C=O) groups excluding carboxylic acids is 4. The Morgan fingerprint density at radius 3 is 2.40 bits per heavy atom. The van der Waals surface area contributed by atoms with Crippen LogP contribution in [-0.2, 0) is 48.4 Å². The Labute approximate surface area is 337 Å². The molecule has 3 fully saturated rings. The van der Waals surface area contributed by atoms with Gasteiger partial charge < -0.3 is 25.5 Å². The van der Waals surface area contributed by atoms with E-state index in [1.54, 1.807) is 18.9 Å². The molecule has 4 aliphatic rings. The number of fused-ring (bicyclic) bond motifs is 1. The molecule has 0 aromatic heterocycles. The van der Waals surface area contributed by atoms with Gasteiger partial charge in [0, 0.05) is 33.2 Å². The van der Waals surface area contributed by atoms with Crippen LogP contribution >= 0.6 is 0 Å². The molecule has 57 heavy (non-hydrogen) atoms. The van der Waals surface area contributed by atoms with Gasteiger partial charge in [-0.25, -0.2) is 18.5 Å². The zero-order chi connectivity index (χ0) is 41.5. The molecule has 0 spiro atoms. The van der Waals surface area contributed by atoms with Crippen LogP contribution in [0.1, 0.15) is 121 Å². The third kappa shape index (κ3) is 12.2. The molecule has 2 aliphatic carbocycles. The molecule has 2 heterocycles. The lowest BCUT2D eigenvalue weighted by molar-refractivity contribution is -0.141. The van der Waals surface area contributed by atoms with Crippen LogP contribution in [0.3, 0.4) is 0 Å². The smallest absolute Gasteiger partial charge is 0.407 e. The van der Waals surface area contributed by atoms with Crippen molar-refractivity contribution in [3.05, 3.63) is 46.5 Å². The molecular weight excluding hydrogens is 753 g/mol. The Balaban J connectivity index is 1.17. The van der Waals surface area contributed by atoms with E-state index in [0.717, 1.165) is 73.6 Å². The highest BCUT2D eigenvalue weighted by atomic mass is 32.2. The first kappa shape index (κ1) is 43.9. The van der Waals surface area contributed by atoms with Crippen LogP contribution < -0.4 is 15.4 Å². The Morgan fingerprint density at radius 2 is 1.74 bits per heavy atom. The van der Waals surface area contributed by atoms with Crippen LogP contribution in [0.25, 0.3) is 0 Å². The Bertz CT molecular complexity index is 1790. The number of amides is 6. The quantitative estimate of drug-likeness (QED) is 0.117. The van der Waals surface area contributed by atoms with Crippen molar-refractivity contribution in [1.82, 2.24) is 30.1 Å². The maximum absolute atomic E-state index is 14.3. The van der Waals surface area contributed by atoms with Crippen LogP contribution in [0.5, 0.6) is 0 Å². The number of nitrogens with zero attached hydrogens (tertiary/aromatic N) is 3. The number of likely N-dealkylation sites (tertiary alicyclic amines) is 1. The van der Waals surface area contributed by atoms with E-state index in [0.29, 0.717) is 51.9 Å². The van der Waals surface area contributed by atoms with Gasteiger partial charge >= 0.3 is 22.4 Å². The normalized spacial score (nSPS) is 20.3. The molecule has 4 unspecified atom stereocenters. The summed E-state index contributed by atoms with van der Waals surface area (Å²) in [6.45, 7) is 8.97. The van der Waals surface area contributed by atoms with Crippen molar-refractivity contribution in [2.75, 3.05) is 20.1 Å². The van der Waals surface area contributed by atoms with Crippen LogP contribution in [-0.4, -0.2) is 102 Å². The van der Waals surface area contributed by atoms with Crippen molar-refractivity contribution >= 4 is 40.2 Å². The van der Waals surface area contributed by atoms with E-state index in [1.165, 1.54) is 9.80 Å². The zero-order valence-electron chi connectivity index (χ0n) is 34.2. The average molecular weight is 815 g/mol. The van der Waals surface area contributed by atoms with Gasteiger partial charge in [0.15, 0.2) is 0 Å². The van der Waals surface area contributed by atoms with Gasteiger partial charge in [-0.15, -0.1) is 0 Å². The summed E-state index contributed by atoms with van der Waals surface area (Å²) in [4.78, 5) is 71.2. The van der Waals surface area contributed by atoms with Gasteiger partial charge in [-0.05, 0) is 114 Å². The molecule has 316 valence electrons. The van der Waals surface area contributed by atoms with Gasteiger partial charge in [-0.2, -0.15) is 8.42 Å². The van der Waals surface area contributed by atoms with Crippen molar-refractivity contribution in [2.45, 2.75) is 148 Å². The molecule has 4 atom stereocenters. The van der Waals surface area contributed by atoms with E-state index in [-0.39, 0.29) is 30.2 Å². The number of nitrogens with one attached hydrogen (secondary N) is 3. The van der Waals surface area contributed by atoms with E-state index in [2.05, 4.69) is 16.7 Å². The summed E-state index contributed by atoms with van der Waals surface area (Å²) in [7, 11) is -2.71. The largest absolute Gasteiger partial charge is 0.465 e. The lowest BCUT2D eigenvalue weighted by atomic mass is 9.96. The molecule has 6 amide bonds. The molecule has 1 aromatic carbocycles. The number of allylic oxidation sites excluding steroid dienone is 2. The van der Waals surface area contributed by atoms with Gasteiger partial charge in [0.05, 0.1) is 5.60 Å². The van der Waals surface area contributed by atoms with Gasteiger partial charge in [0.25, 0.3) is 5.91 Å². The molecule has 4 N–H and O–H groups in total. The standard InChI is InChI=1S/C41H62N6O9S/c1-27(2)23-28(3)24-33(36(48)44-57(54,55)56-41(4)19-20-41)42-37(49)34-18-12-22-47(34)38(50)35(30-14-8-9-15-30)43-39(51)45(5)21-10-6-7-13-29-16-11-17-31-25-46(40(52)53)26-32(29)31/h11,16-17,23,28,30,33-35H,6-10,12-15,18-22,24-26H2,1-5H3,(H,42,49)(H,43,51)(H,44,48)(H,52,53). The van der Waals surface area contributed by atoms with Crippen LogP contribution in [0.15, 0.2) is 29.8 Å². The number of carbonyl (C=O) groups is 5. The predicted octanol–water partition coefficient (Wildman–Crippen LogP) is 4.99. The van der Waals surface area contributed by atoms with Crippen molar-refractivity contribution in [3.8, 4) is 0 Å². The highest BCUT2D eigenvalue weighted by Gasteiger charge is 2.45.